The monoisotopic (exact) mass is 441 g/mol. The van der Waals surface area contributed by atoms with Gasteiger partial charge in [-0.2, -0.15) is 14.6 Å². The van der Waals surface area contributed by atoms with Gasteiger partial charge in [-0.05, 0) is 42.0 Å². The average Bonchev–Trinajstić information content (AvgIpc) is 3.21. The van der Waals surface area contributed by atoms with Crippen LogP contribution < -0.4 is 5.73 Å². The number of nitrogen functional groups attached to an aromatic ring is 1. The minimum Gasteiger partial charge on any atom is -0.461 e. The molecular formula is C23H23N9O. The van der Waals surface area contributed by atoms with Gasteiger partial charge in [-0.15, -0.1) is 5.10 Å². The van der Waals surface area contributed by atoms with E-state index in [9.17, 15) is 0 Å². The minimum atomic E-state index is 0.273. The number of hydrogen-bond donors (Lipinski definition) is 1. The van der Waals surface area contributed by atoms with Crippen LogP contribution in [-0.4, -0.2) is 52.3 Å². The summed E-state index contributed by atoms with van der Waals surface area (Å²) in [4.78, 5) is 16.4. The Labute approximate surface area is 189 Å². The third kappa shape index (κ3) is 3.17. The van der Waals surface area contributed by atoms with Crippen molar-refractivity contribution in [3.8, 4) is 11.6 Å². The van der Waals surface area contributed by atoms with Crippen LogP contribution >= 0.6 is 0 Å². The lowest BCUT2D eigenvalue weighted by Gasteiger charge is -2.28. The van der Waals surface area contributed by atoms with Crippen LogP contribution in [0.3, 0.4) is 0 Å². The molecule has 7 rings (SSSR count). The summed E-state index contributed by atoms with van der Waals surface area (Å²) >= 11 is 0. The molecule has 166 valence electrons. The fourth-order valence-electron chi connectivity index (χ4n) is 4.70. The smallest absolute Gasteiger partial charge is 0.225 e. The molecule has 10 nitrogen and oxygen atoms in total. The Morgan fingerprint density at radius 1 is 1.12 bits per heavy atom. The molecule has 1 aliphatic heterocycles. The first-order valence-corrected chi connectivity index (χ1v) is 11.3. The molecule has 0 spiro atoms. The topological polar surface area (TPSA) is 116 Å². The zero-order valence-corrected chi connectivity index (χ0v) is 18.1. The highest BCUT2D eigenvalue weighted by atomic mass is 16.3. The second kappa shape index (κ2) is 7.11. The normalized spacial score (nSPS) is 16.6. The maximum atomic E-state index is 6.21. The third-order valence-electron chi connectivity index (χ3n) is 6.66. The van der Waals surface area contributed by atoms with E-state index in [0.717, 1.165) is 43.9 Å². The van der Waals surface area contributed by atoms with E-state index in [-0.39, 0.29) is 5.95 Å². The van der Waals surface area contributed by atoms with Gasteiger partial charge in [0.2, 0.25) is 11.8 Å². The molecule has 10 heteroatoms. The summed E-state index contributed by atoms with van der Waals surface area (Å²) in [5.41, 5.74) is 11.6. The number of pyridine rings is 1. The van der Waals surface area contributed by atoms with Crippen molar-refractivity contribution in [2.24, 2.45) is 0 Å². The lowest BCUT2D eigenvalue weighted by molar-refractivity contribution is 0.239. The number of furan rings is 1. The summed E-state index contributed by atoms with van der Waals surface area (Å²) in [7, 11) is 0. The van der Waals surface area contributed by atoms with Gasteiger partial charge in [0.15, 0.2) is 17.1 Å². The molecule has 0 saturated heterocycles. The molecule has 2 aliphatic rings. The van der Waals surface area contributed by atoms with Crippen molar-refractivity contribution < 1.29 is 4.42 Å². The van der Waals surface area contributed by atoms with Crippen LogP contribution in [-0.2, 0) is 19.5 Å². The number of fused-ring (bicyclic) bond motifs is 4. The molecule has 2 N–H and O–H groups in total. The van der Waals surface area contributed by atoms with Gasteiger partial charge in [0.1, 0.15) is 0 Å². The van der Waals surface area contributed by atoms with Crippen molar-refractivity contribution in [3.63, 3.8) is 0 Å². The summed E-state index contributed by atoms with van der Waals surface area (Å²) in [6.45, 7) is 3.52. The molecule has 0 aromatic carbocycles. The zero-order valence-electron chi connectivity index (χ0n) is 18.1. The van der Waals surface area contributed by atoms with Crippen LogP contribution in [0, 0.1) is 0 Å². The minimum absolute atomic E-state index is 0.273. The van der Waals surface area contributed by atoms with Crippen LogP contribution in [0.15, 0.2) is 41.3 Å². The first-order valence-electron chi connectivity index (χ1n) is 11.3. The van der Waals surface area contributed by atoms with E-state index in [1.807, 2.05) is 10.7 Å². The number of nitrogens with two attached hydrogens (primary N) is 1. The maximum Gasteiger partial charge on any atom is 0.225 e. The summed E-state index contributed by atoms with van der Waals surface area (Å²) in [6, 6.07) is 5.99. The third-order valence-corrected chi connectivity index (χ3v) is 6.66. The number of aromatic nitrogens is 7. The number of nitrogens with zero attached hydrogens (tertiary/aromatic N) is 8. The fraction of sp³-hybridized carbons (Fsp3) is 0.348. The highest BCUT2D eigenvalue weighted by molar-refractivity contribution is 5.90. The summed E-state index contributed by atoms with van der Waals surface area (Å²) in [5, 5.41) is 9.86. The van der Waals surface area contributed by atoms with E-state index in [4.69, 9.17) is 15.1 Å². The Morgan fingerprint density at radius 2 is 2.06 bits per heavy atom. The van der Waals surface area contributed by atoms with E-state index in [0.29, 0.717) is 22.9 Å². The van der Waals surface area contributed by atoms with Crippen LogP contribution in [0.5, 0.6) is 0 Å². The van der Waals surface area contributed by atoms with E-state index < -0.39 is 0 Å². The molecule has 0 atom stereocenters. The van der Waals surface area contributed by atoms with Gasteiger partial charge < -0.3 is 10.2 Å². The predicted molar refractivity (Wildman–Crippen MR) is 121 cm³/mol. The molecule has 1 aliphatic carbocycles. The van der Waals surface area contributed by atoms with E-state index in [1.165, 1.54) is 34.2 Å². The lowest BCUT2D eigenvalue weighted by atomic mass is 10.0. The molecule has 5 aromatic rings. The Hall–Kier alpha value is -3.79. The molecule has 33 heavy (non-hydrogen) atoms. The molecule has 6 heterocycles. The second-order valence-corrected chi connectivity index (χ2v) is 8.90. The number of rotatable bonds is 5. The summed E-state index contributed by atoms with van der Waals surface area (Å²) in [5.74, 6) is 2.06. The predicted octanol–water partition coefficient (Wildman–Crippen LogP) is 2.65. The molecule has 0 bridgehead atoms. The maximum absolute atomic E-state index is 6.21. The molecule has 1 fully saturated rings. The van der Waals surface area contributed by atoms with Crippen LogP contribution in [0.4, 0.5) is 5.95 Å². The summed E-state index contributed by atoms with van der Waals surface area (Å²) in [6.07, 6.45) is 9.05. The molecule has 0 amide bonds. The first-order chi connectivity index (χ1) is 16.2. The number of hydrogen-bond acceptors (Lipinski definition) is 8. The molecular weight excluding hydrogens is 418 g/mol. The van der Waals surface area contributed by atoms with Crippen molar-refractivity contribution in [1.29, 1.82) is 0 Å². The van der Waals surface area contributed by atoms with Crippen LogP contribution in [0.25, 0.3) is 28.3 Å². The molecule has 0 radical (unpaired) electrons. The van der Waals surface area contributed by atoms with E-state index in [1.54, 1.807) is 18.5 Å². The highest BCUT2D eigenvalue weighted by Crippen LogP contribution is 2.40. The van der Waals surface area contributed by atoms with Gasteiger partial charge in [-0.1, -0.05) is 6.07 Å². The highest BCUT2D eigenvalue weighted by Gasteiger charge is 2.26. The quantitative estimate of drug-likeness (QED) is 0.442. The van der Waals surface area contributed by atoms with Gasteiger partial charge in [0.05, 0.1) is 24.4 Å². The zero-order chi connectivity index (χ0) is 21.9. The SMILES string of the molecule is Nc1nc2c(cnn2CCN2CCc3ncc(C4CC4)cc3C2)c2nc(-c3ccco3)nn12. The Morgan fingerprint density at radius 3 is 2.91 bits per heavy atom. The van der Waals surface area contributed by atoms with E-state index >= 15 is 0 Å². The largest absolute Gasteiger partial charge is 0.461 e. The Balaban J connectivity index is 1.14. The molecule has 5 aromatic heterocycles. The second-order valence-electron chi connectivity index (χ2n) is 8.90. The molecule has 1 saturated carbocycles. The Bertz CT molecular complexity index is 1480. The number of anilines is 1. The Kier molecular flexibility index (Phi) is 4.04. The first kappa shape index (κ1) is 18.8. The standard InChI is InChI=1S/C23H23N9O/c24-23-28-21-17(22-27-20(29-32(22)23)19-2-1-9-33-19)12-26-31(21)8-7-30-6-5-18-16(13-30)10-15(11-25-18)14-3-4-14/h1-2,9-12,14H,3-8,13H2,(H2,24,28). The van der Waals surface area contributed by atoms with Crippen molar-refractivity contribution in [2.45, 2.75) is 38.3 Å². The van der Waals surface area contributed by atoms with Gasteiger partial charge in [0.25, 0.3) is 0 Å². The van der Waals surface area contributed by atoms with Crippen LogP contribution in [0.2, 0.25) is 0 Å². The van der Waals surface area contributed by atoms with Gasteiger partial charge in [-0.25, -0.2) is 9.67 Å². The average molecular weight is 441 g/mol. The van der Waals surface area contributed by atoms with E-state index in [2.05, 4.69) is 37.3 Å². The van der Waals surface area contributed by atoms with Crippen molar-refractivity contribution >= 4 is 22.6 Å². The fourth-order valence-corrected chi connectivity index (χ4v) is 4.70. The lowest BCUT2D eigenvalue weighted by Crippen LogP contribution is -2.34. The van der Waals surface area contributed by atoms with Crippen molar-refractivity contribution in [2.75, 3.05) is 18.8 Å². The van der Waals surface area contributed by atoms with Crippen LogP contribution in [0.1, 0.15) is 35.6 Å². The van der Waals surface area contributed by atoms with Gasteiger partial charge in [-0.3, -0.25) is 9.88 Å². The van der Waals surface area contributed by atoms with Gasteiger partial charge >= 0.3 is 0 Å². The van der Waals surface area contributed by atoms with Crippen molar-refractivity contribution in [1.82, 2.24) is 39.2 Å². The van der Waals surface area contributed by atoms with Gasteiger partial charge in [0, 0.05) is 37.9 Å². The summed E-state index contributed by atoms with van der Waals surface area (Å²) < 4.78 is 8.87. The van der Waals surface area contributed by atoms with Crippen molar-refractivity contribution in [3.05, 3.63) is 53.7 Å². The molecule has 0 unspecified atom stereocenters.